The SMILES string of the molecule is O=C([C@@H]1C[C@H](F)CN1C(=O)c1ccsc1)N1CCOCC1. The molecule has 0 aromatic carbocycles. The summed E-state index contributed by atoms with van der Waals surface area (Å²) in [4.78, 5) is 28.0. The molecule has 114 valence electrons. The van der Waals surface area contributed by atoms with Gasteiger partial charge in [0.2, 0.25) is 5.91 Å². The zero-order valence-corrected chi connectivity index (χ0v) is 12.4. The first-order valence-corrected chi connectivity index (χ1v) is 7.95. The van der Waals surface area contributed by atoms with Crippen LogP contribution in [0.25, 0.3) is 0 Å². The van der Waals surface area contributed by atoms with E-state index in [9.17, 15) is 14.0 Å². The van der Waals surface area contributed by atoms with Gasteiger partial charge in [-0.1, -0.05) is 0 Å². The molecular weight excluding hydrogens is 295 g/mol. The number of halogens is 1. The first kappa shape index (κ1) is 14.5. The Balaban J connectivity index is 1.75. The Morgan fingerprint density at radius 3 is 2.76 bits per heavy atom. The Bertz CT molecular complexity index is 516. The van der Waals surface area contributed by atoms with Crippen molar-refractivity contribution in [3.63, 3.8) is 0 Å². The third-order valence-corrected chi connectivity index (χ3v) is 4.57. The van der Waals surface area contributed by atoms with Gasteiger partial charge in [-0.05, 0) is 11.4 Å². The first-order chi connectivity index (χ1) is 10.2. The average Bonchev–Trinajstić information content (AvgIpc) is 3.16. The molecule has 3 rings (SSSR count). The molecule has 2 atom stereocenters. The zero-order chi connectivity index (χ0) is 14.8. The number of hydrogen-bond donors (Lipinski definition) is 0. The van der Waals surface area contributed by atoms with E-state index in [2.05, 4.69) is 0 Å². The molecule has 0 radical (unpaired) electrons. The monoisotopic (exact) mass is 312 g/mol. The van der Waals surface area contributed by atoms with E-state index in [1.165, 1.54) is 16.2 Å². The maximum atomic E-state index is 13.8. The van der Waals surface area contributed by atoms with Gasteiger partial charge in [-0.25, -0.2) is 4.39 Å². The maximum absolute atomic E-state index is 13.8. The molecule has 7 heteroatoms. The van der Waals surface area contributed by atoms with Crippen LogP contribution < -0.4 is 0 Å². The summed E-state index contributed by atoms with van der Waals surface area (Å²) in [6.07, 6.45) is -1.05. The molecule has 3 heterocycles. The first-order valence-electron chi connectivity index (χ1n) is 7.00. The van der Waals surface area contributed by atoms with Crippen molar-refractivity contribution >= 4 is 23.2 Å². The van der Waals surface area contributed by atoms with Crippen molar-refractivity contribution in [2.45, 2.75) is 18.6 Å². The van der Waals surface area contributed by atoms with Crippen molar-refractivity contribution in [1.29, 1.82) is 0 Å². The minimum absolute atomic E-state index is 0.00454. The second-order valence-electron chi connectivity index (χ2n) is 5.26. The van der Waals surface area contributed by atoms with Crippen LogP contribution in [-0.4, -0.2) is 66.7 Å². The van der Waals surface area contributed by atoms with Crippen molar-refractivity contribution < 1.29 is 18.7 Å². The standard InChI is InChI=1S/C14H17FN2O3S/c15-11-7-12(14(19)16-2-4-20-5-3-16)17(8-11)13(18)10-1-6-21-9-10/h1,6,9,11-12H,2-5,7-8H2/t11-,12-/m0/s1. The normalized spacial score (nSPS) is 26.1. The number of nitrogens with zero attached hydrogens (tertiary/aromatic N) is 2. The van der Waals surface area contributed by atoms with E-state index in [0.717, 1.165) is 0 Å². The molecule has 2 aliphatic rings. The highest BCUT2D eigenvalue weighted by molar-refractivity contribution is 7.08. The lowest BCUT2D eigenvalue weighted by Gasteiger charge is -2.32. The lowest BCUT2D eigenvalue weighted by molar-refractivity contribution is -0.139. The van der Waals surface area contributed by atoms with Gasteiger partial charge >= 0.3 is 0 Å². The third kappa shape index (κ3) is 2.94. The number of rotatable bonds is 2. The molecule has 2 saturated heterocycles. The fraction of sp³-hybridized carbons (Fsp3) is 0.571. The largest absolute Gasteiger partial charge is 0.378 e. The second-order valence-corrected chi connectivity index (χ2v) is 6.04. The maximum Gasteiger partial charge on any atom is 0.255 e. The van der Waals surface area contributed by atoms with E-state index in [0.29, 0.717) is 31.9 Å². The van der Waals surface area contributed by atoms with Gasteiger partial charge in [0.1, 0.15) is 12.2 Å². The van der Waals surface area contributed by atoms with Crippen LogP contribution >= 0.6 is 11.3 Å². The van der Waals surface area contributed by atoms with Crippen LogP contribution in [0.2, 0.25) is 0 Å². The Morgan fingerprint density at radius 1 is 1.33 bits per heavy atom. The predicted octanol–water partition coefficient (Wildman–Crippen LogP) is 1.16. The molecule has 2 aliphatic heterocycles. The van der Waals surface area contributed by atoms with Crippen LogP contribution in [0.1, 0.15) is 16.8 Å². The lowest BCUT2D eigenvalue weighted by Crippen LogP contribution is -2.51. The van der Waals surface area contributed by atoms with Crippen molar-refractivity contribution in [2.75, 3.05) is 32.8 Å². The minimum Gasteiger partial charge on any atom is -0.378 e. The van der Waals surface area contributed by atoms with Crippen molar-refractivity contribution in [3.8, 4) is 0 Å². The van der Waals surface area contributed by atoms with E-state index >= 15 is 0 Å². The van der Waals surface area contributed by atoms with E-state index in [4.69, 9.17) is 4.74 Å². The van der Waals surface area contributed by atoms with Gasteiger partial charge in [0.05, 0.1) is 25.3 Å². The molecule has 0 N–H and O–H groups in total. The van der Waals surface area contributed by atoms with E-state index < -0.39 is 12.2 Å². The van der Waals surface area contributed by atoms with E-state index in [1.54, 1.807) is 21.7 Å². The molecule has 1 aromatic heterocycles. The van der Waals surface area contributed by atoms with Crippen molar-refractivity contribution in [1.82, 2.24) is 9.80 Å². The molecule has 2 amide bonds. The topological polar surface area (TPSA) is 49.9 Å². The summed E-state index contributed by atoms with van der Waals surface area (Å²) in [5, 5.41) is 3.53. The van der Waals surface area contributed by atoms with E-state index in [-0.39, 0.29) is 24.8 Å². The van der Waals surface area contributed by atoms with Crippen LogP contribution in [0, 0.1) is 0 Å². The average molecular weight is 312 g/mol. The number of hydrogen-bond acceptors (Lipinski definition) is 4. The van der Waals surface area contributed by atoms with Crippen LogP contribution in [0.15, 0.2) is 16.8 Å². The molecule has 0 saturated carbocycles. The zero-order valence-electron chi connectivity index (χ0n) is 11.5. The molecule has 21 heavy (non-hydrogen) atoms. The van der Waals surface area contributed by atoms with Gasteiger partial charge < -0.3 is 14.5 Å². The highest BCUT2D eigenvalue weighted by Gasteiger charge is 2.42. The quantitative estimate of drug-likeness (QED) is 0.823. The summed E-state index contributed by atoms with van der Waals surface area (Å²) in [6.45, 7) is 2.00. The van der Waals surface area contributed by atoms with Crippen LogP contribution in [0.5, 0.6) is 0 Å². The molecule has 0 unspecified atom stereocenters. The summed E-state index contributed by atoms with van der Waals surface area (Å²) < 4.78 is 19.0. The van der Waals surface area contributed by atoms with Gasteiger partial charge in [0, 0.05) is 24.9 Å². The number of likely N-dealkylation sites (tertiary alicyclic amines) is 1. The molecular formula is C14H17FN2O3S. The molecule has 0 bridgehead atoms. The highest BCUT2D eigenvalue weighted by atomic mass is 32.1. The Labute approximate surface area is 126 Å². The number of ether oxygens (including phenoxy) is 1. The molecule has 2 fully saturated rings. The van der Waals surface area contributed by atoms with Gasteiger partial charge in [-0.3, -0.25) is 9.59 Å². The Hall–Kier alpha value is -1.47. The Morgan fingerprint density at radius 2 is 2.10 bits per heavy atom. The molecule has 1 aromatic rings. The number of carbonyl (C=O) groups is 2. The van der Waals surface area contributed by atoms with Gasteiger partial charge in [-0.15, -0.1) is 0 Å². The summed E-state index contributed by atoms with van der Waals surface area (Å²) >= 11 is 1.41. The molecule has 0 aliphatic carbocycles. The van der Waals surface area contributed by atoms with Crippen molar-refractivity contribution in [3.05, 3.63) is 22.4 Å². The third-order valence-electron chi connectivity index (χ3n) is 3.89. The molecule has 5 nitrogen and oxygen atoms in total. The van der Waals surface area contributed by atoms with Crippen LogP contribution in [0.4, 0.5) is 4.39 Å². The number of morpholine rings is 1. The van der Waals surface area contributed by atoms with E-state index in [1.807, 2.05) is 0 Å². The van der Waals surface area contributed by atoms with Gasteiger partial charge in [0.25, 0.3) is 5.91 Å². The summed E-state index contributed by atoms with van der Waals surface area (Å²) in [5.41, 5.74) is 0.522. The van der Waals surface area contributed by atoms with Crippen molar-refractivity contribution in [2.24, 2.45) is 0 Å². The fourth-order valence-corrected chi connectivity index (χ4v) is 3.42. The van der Waals surface area contributed by atoms with Crippen LogP contribution in [-0.2, 0) is 9.53 Å². The number of alkyl halides is 1. The number of thiophene rings is 1. The minimum atomic E-state index is -1.14. The Kier molecular flexibility index (Phi) is 4.21. The number of carbonyl (C=O) groups excluding carboxylic acids is 2. The lowest BCUT2D eigenvalue weighted by atomic mass is 10.1. The van der Waals surface area contributed by atoms with Gasteiger partial charge in [0.15, 0.2) is 0 Å². The van der Waals surface area contributed by atoms with Crippen LogP contribution in [0.3, 0.4) is 0 Å². The summed E-state index contributed by atoms with van der Waals surface area (Å²) in [6, 6.07) is 1.01. The highest BCUT2D eigenvalue weighted by Crippen LogP contribution is 2.25. The fourth-order valence-electron chi connectivity index (χ4n) is 2.79. The summed E-state index contributed by atoms with van der Waals surface area (Å²) in [7, 11) is 0. The molecule has 0 spiro atoms. The predicted molar refractivity (Wildman–Crippen MR) is 76.1 cm³/mol. The summed E-state index contributed by atoms with van der Waals surface area (Å²) in [5.74, 6) is -0.426. The van der Waals surface area contributed by atoms with Gasteiger partial charge in [-0.2, -0.15) is 11.3 Å². The second kappa shape index (κ2) is 6.11. The number of amides is 2. The smallest absolute Gasteiger partial charge is 0.255 e.